The van der Waals surface area contributed by atoms with E-state index in [1.54, 1.807) is 6.92 Å². The molecular formula is C12H20N2O4. The number of carboxylic acid groups (broad SMARTS) is 1. The Hall–Kier alpha value is -1.14. The first-order valence-electron chi connectivity index (χ1n) is 6.40. The molecule has 0 radical (unpaired) electrons. The van der Waals surface area contributed by atoms with Crippen LogP contribution in [0.1, 0.15) is 26.2 Å². The van der Waals surface area contributed by atoms with Crippen molar-refractivity contribution in [3.05, 3.63) is 0 Å². The van der Waals surface area contributed by atoms with Gasteiger partial charge in [-0.2, -0.15) is 0 Å². The van der Waals surface area contributed by atoms with Gasteiger partial charge in [0.2, 0.25) is 5.91 Å². The van der Waals surface area contributed by atoms with Gasteiger partial charge in [-0.05, 0) is 19.8 Å². The third-order valence-corrected chi connectivity index (χ3v) is 3.81. The van der Waals surface area contributed by atoms with Crippen LogP contribution in [-0.4, -0.2) is 59.8 Å². The maximum atomic E-state index is 12.2. The standard InChI is InChI=1S/C12H20N2O4/c1-12(11(16)17)3-2-5-14(12)10(15)7-9-8-13-4-6-18-9/h9,13H,2-8H2,1H3,(H,16,17). The smallest absolute Gasteiger partial charge is 0.329 e. The summed E-state index contributed by atoms with van der Waals surface area (Å²) in [6.07, 6.45) is 1.40. The number of carbonyl (C=O) groups is 2. The van der Waals surface area contributed by atoms with Gasteiger partial charge in [0.1, 0.15) is 5.54 Å². The molecule has 2 rings (SSSR count). The average Bonchev–Trinajstić information content (AvgIpc) is 2.74. The fraction of sp³-hybridized carbons (Fsp3) is 0.833. The molecule has 2 aliphatic heterocycles. The fourth-order valence-electron chi connectivity index (χ4n) is 2.64. The second-order valence-electron chi connectivity index (χ2n) is 5.13. The van der Waals surface area contributed by atoms with Crippen LogP contribution in [0.4, 0.5) is 0 Å². The van der Waals surface area contributed by atoms with E-state index in [1.807, 2.05) is 0 Å². The summed E-state index contributed by atoms with van der Waals surface area (Å²) in [6, 6.07) is 0. The molecule has 2 fully saturated rings. The number of likely N-dealkylation sites (tertiary alicyclic amines) is 1. The molecule has 0 bridgehead atoms. The van der Waals surface area contributed by atoms with Crippen molar-refractivity contribution in [2.45, 2.75) is 37.8 Å². The molecule has 2 unspecified atom stereocenters. The molecule has 2 heterocycles. The van der Waals surface area contributed by atoms with Crippen LogP contribution in [0.15, 0.2) is 0 Å². The van der Waals surface area contributed by atoms with Crippen LogP contribution in [0.25, 0.3) is 0 Å². The van der Waals surface area contributed by atoms with Gasteiger partial charge >= 0.3 is 5.97 Å². The molecule has 2 saturated heterocycles. The summed E-state index contributed by atoms with van der Waals surface area (Å²) in [7, 11) is 0. The lowest BCUT2D eigenvalue weighted by atomic mass is 9.99. The Morgan fingerprint density at radius 3 is 2.94 bits per heavy atom. The largest absolute Gasteiger partial charge is 0.480 e. The Balaban J connectivity index is 1.97. The fourth-order valence-corrected chi connectivity index (χ4v) is 2.64. The number of morpholine rings is 1. The number of carbonyl (C=O) groups excluding carboxylic acids is 1. The topological polar surface area (TPSA) is 78.9 Å². The highest BCUT2D eigenvalue weighted by Crippen LogP contribution is 2.30. The van der Waals surface area contributed by atoms with E-state index in [-0.39, 0.29) is 18.4 Å². The molecule has 1 amide bonds. The molecule has 0 aliphatic carbocycles. The van der Waals surface area contributed by atoms with Crippen LogP contribution in [0, 0.1) is 0 Å². The number of carboxylic acids is 1. The van der Waals surface area contributed by atoms with E-state index < -0.39 is 11.5 Å². The van der Waals surface area contributed by atoms with Crippen LogP contribution in [0.3, 0.4) is 0 Å². The number of amides is 1. The summed E-state index contributed by atoms with van der Waals surface area (Å²) < 4.78 is 5.48. The van der Waals surface area contributed by atoms with E-state index in [9.17, 15) is 14.7 Å². The molecule has 0 aromatic rings. The summed E-state index contributed by atoms with van der Waals surface area (Å²) in [6.45, 7) is 4.22. The molecule has 0 saturated carbocycles. The van der Waals surface area contributed by atoms with Crippen LogP contribution in [0.2, 0.25) is 0 Å². The third-order valence-electron chi connectivity index (χ3n) is 3.81. The summed E-state index contributed by atoms with van der Waals surface area (Å²) in [5, 5.41) is 12.4. The lowest BCUT2D eigenvalue weighted by molar-refractivity contribution is -0.156. The van der Waals surface area contributed by atoms with Crippen molar-refractivity contribution in [1.29, 1.82) is 0 Å². The molecule has 0 aromatic carbocycles. The summed E-state index contributed by atoms with van der Waals surface area (Å²) >= 11 is 0. The first-order valence-corrected chi connectivity index (χ1v) is 6.40. The highest BCUT2D eigenvalue weighted by atomic mass is 16.5. The molecule has 2 aliphatic rings. The Bertz CT molecular complexity index is 341. The van der Waals surface area contributed by atoms with Gasteiger partial charge in [0, 0.05) is 19.6 Å². The van der Waals surface area contributed by atoms with Crippen LogP contribution < -0.4 is 5.32 Å². The van der Waals surface area contributed by atoms with Gasteiger partial charge in [0.25, 0.3) is 0 Å². The minimum absolute atomic E-state index is 0.119. The second-order valence-corrected chi connectivity index (χ2v) is 5.13. The maximum Gasteiger partial charge on any atom is 0.329 e. The van der Waals surface area contributed by atoms with Crippen LogP contribution >= 0.6 is 0 Å². The average molecular weight is 256 g/mol. The van der Waals surface area contributed by atoms with E-state index in [2.05, 4.69) is 5.32 Å². The molecular weight excluding hydrogens is 236 g/mol. The number of hydrogen-bond acceptors (Lipinski definition) is 4. The number of aliphatic carboxylic acids is 1. The normalized spacial score (nSPS) is 32.5. The minimum Gasteiger partial charge on any atom is -0.480 e. The Morgan fingerprint density at radius 2 is 2.33 bits per heavy atom. The zero-order chi connectivity index (χ0) is 13.2. The highest BCUT2D eigenvalue weighted by Gasteiger charge is 2.46. The summed E-state index contributed by atoms with van der Waals surface area (Å²) in [5.41, 5.74) is -1.04. The number of ether oxygens (including phenoxy) is 1. The predicted molar refractivity (Wildman–Crippen MR) is 64.2 cm³/mol. The summed E-state index contributed by atoms with van der Waals surface area (Å²) in [5.74, 6) is -1.04. The van der Waals surface area contributed by atoms with Gasteiger partial charge < -0.3 is 20.1 Å². The first-order chi connectivity index (χ1) is 8.54. The highest BCUT2D eigenvalue weighted by molar-refractivity contribution is 5.87. The van der Waals surface area contributed by atoms with Crippen molar-refractivity contribution < 1.29 is 19.4 Å². The van der Waals surface area contributed by atoms with Crippen molar-refractivity contribution in [2.24, 2.45) is 0 Å². The van der Waals surface area contributed by atoms with Gasteiger partial charge in [-0.25, -0.2) is 4.79 Å². The number of nitrogens with one attached hydrogen (secondary N) is 1. The molecule has 0 spiro atoms. The molecule has 0 aromatic heterocycles. The van der Waals surface area contributed by atoms with E-state index in [0.29, 0.717) is 26.1 Å². The van der Waals surface area contributed by atoms with Crippen molar-refractivity contribution in [3.8, 4) is 0 Å². The van der Waals surface area contributed by atoms with Crippen molar-refractivity contribution in [3.63, 3.8) is 0 Å². The van der Waals surface area contributed by atoms with E-state index in [4.69, 9.17) is 4.74 Å². The quantitative estimate of drug-likeness (QED) is 0.733. The second kappa shape index (κ2) is 5.24. The SMILES string of the molecule is CC1(C(=O)O)CCCN1C(=O)CC1CNCCO1. The molecule has 6 nitrogen and oxygen atoms in total. The lowest BCUT2D eigenvalue weighted by Gasteiger charge is -2.33. The van der Waals surface area contributed by atoms with E-state index in [0.717, 1.165) is 13.0 Å². The van der Waals surface area contributed by atoms with E-state index in [1.165, 1.54) is 4.90 Å². The molecule has 2 atom stereocenters. The first kappa shape index (κ1) is 13.3. The number of nitrogens with zero attached hydrogens (tertiary/aromatic N) is 1. The zero-order valence-corrected chi connectivity index (χ0v) is 10.6. The van der Waals surface area contributed by atoms with Crippen molar-refractivity contribution >= 4 is 11.9 Å². The van der Waals surface area contributed by atoms with Crippen LogP contribution in [-0.2, 0) is 14.3 Å². The van der Waals surface area contributed by atoms with E-state index >= 15 is 0 Å². The van der Waals surface area contributed by atoms with Gasteiger partial charge in [0.05, 0.1) is 19.1 Å². The van der Waals surface area contributed by atoms with Gasteiger partial charge in [-0.3, -0.25) is 4.79 Å². The number of hydrogen-bond donors (Lipinski definition) is 2. The molecule has 2 N–H and O–H groups in total. The van der Waals surface area contributed by atoms with Gasteiger partial charge in [0.15, 0.2) is 0 Å². The lowest BCUT2D eigenvalue weighted by Crippen LogP contribution is -2.52. The Morgan fingerprint density at radius 1 is 1.56 bits per heavy atom. The Kier molecular flexibility index (Phi) is 3.87. The minimum atomic E-state index is -1.04. The molecule has 18 heavy (non-hydrogen) atoms. The molecule has 6 heteroatoms. The zero-order valence-electron chi connectivity index (χ0n) is 10.6. The Labute approximate surface area is 106 Å². The molecule has 102 valence electrons. The third kappa shape index (κ3) is 2.49. The van der Waals surface area contributed by atoms with Crippen molar-refractivity contribution in [2.75, 3.05) is 26.2 Å². The van der Waals surface area contributed by atoms with Gasteiger partial charge in [-0.1, -0.05) is 0 Å². The van der Waals surface area contributed by atoms with Crippen molar-refractivity contribution in [1.82, 2.24) is 10.2 Å². The maximum absolute atomic E-state index is 12.2. The number of rotatable bonds is 3. The predicted octanol–water partition coefficient (Wildman–Crippen LogP) is -0.169. The monoisotopic (exact) mass is 256 g/mol. The summed E-state index contributed by atoms with van der Waals surface area (Å²) in [4.78, 5) is 25.0. The van der Waals surface area contributed by atoms with Gasteiger partial charge in [-0.15, -0.1) is 0 Å². The van der Waals surface area contributed by atoms with Crippen LogP contribution in [0.5, 0.6) is 0 Å².